The second-order valence-electron chi connectivity index (χ2n) is 3.97. The van der Waals surface area contributed by atoms with E-state index in [-0.39, 0.29) is 6.04 Å². The lowest BCUT2D eigenvalue weighted by molar-refractivity contribution is 0.415. The van der Waals surface area contributed by atoms with Gasteiger partial charge in [0.2, 0.25) is 0 Å². The number of methoxy groups -OCH3 is 1. The van der Waals surface area contributed by atoms with Gasteiger partial charge in [-0.25, -0.2) is 0 Å². The van der Waals surface area contributed by atoms with Crippen LogP contribution in [0.4, 0.5) is 5.69 Å². The summed E-state index contributed by atoms with van der Waals surface area (Å²) < 4.78 is 5.19. The highest BCUT2D eigenvalue weighted by molar-refractivity contribution is 6.32. The van der Waals surface area contributed by atoms with Crippen molar-refractivity contribution in [1.82, 2.24) is 4.98 Å². The predicted octanol–water partition coefficient (Wildman–Crippen LogP) is 3.92. The number of anilines is 1. The van der Waals surface area contributed by atoms with Crippen molar-refractivity contribution in [3.63, 3.8) is 0 Å². The predicted molar refractivity (Wildman–Crippen MR) is 74.3 cm³/mol. The number of halogens is 1. The first-order valence-electron chi connectivity index (χ1n) is 5.71. The van der Waals surface area contributed by atoms with Gasteiger partial charge in [0.1, 0.15) is 5.75 Å². The Morgan fingerprint density at radius 1 is 1.28 bits per heavy atom. The molecule has 1 aromatic carbocycles. The highest BCUT2D eigenvalue weighted by Crippen LogP contribution is 2.28. The molecule has 0 aliphatic carbocycles. The van der Waals surface area contributed by atoms with Crippen LogP contribution in [0.15, 0.2) is 42.6 Å². The van der Waals surface area contributed by atoms with Gasteiger partial charge in [-0.1, -0.05) is 17.7 Å². The molecule has 0 saturated carbocycles. The van der Waals surface area contributed by atoms with Crippen LogP contribution in [0.3, 0.4) is 0 Å². The minimum absolute atomic E-state index is 0.122. The number of nitrogens with zero attached hydrogens (tertiary/aromatic N) is 1. The fourth-order valence-electron chi connectivity index (χ4n) is 1.71. The van der Waals surface area contributed by atoms with E-state index in [1.807, 2.05) is 36.4 Å². The topological polar surface area (TPSA) is 34.1 Å². The van der Waals surface area contributed by atoms with Gasteiger partial charge in [-0.3, -0.25) is 4.98 Å². The van der Waals surface area contributed by atoms with Crippen molar-refractivity contribution in [1.29, 1.82) is 0 Å². The molecule has 0 fully saturated rings. The van der Waals surface area contributed by atoms with E-state index in [9.17, 15) is 0 Å². The van der Waals surface area contributed by atoms with Crippen LogP contribution in [0.1, 0.15) is 18.7 Å². The molecule has 0 saturated heterocycles. The molecule has 1 atom stereocenters. The third kappa shape index (κ3) is 2.93. The molecule has 94 valence electrons. The number of nitrogens with one attached hydrogen (secondary N) is 1. The minimum Gasteiger partial charge on any atom is -0.495 e. The number of aromatic nitrogens is 1. The molecule has 0 bridgehead atoms. The Kier molecular flexibility index (Phi) is 4.05. The van der Waals surface area contributed by atoms with Crippen LogP contribution in [0.25, 0.3) is 0 Å². The van der Waals surface area contributed by atoms with Crippen LogP contribution in [0.5, 0.6) is 5.75 Å². The van der Waals surface area contributed by atoms with E-state index in [0.29, 0.717) is 10.8 Å². The van der Waals surface area contributed by atoms with Crippen LogP contribution >= 0.6 is 11.6 Å². The monoisotopic (exact) mass is 262 g/mol. The van der Waals surface area contributed by atoms with Crippen LogP contribution < -0.4 is 10.1 Å². The molecular formula is C14H15ClN2O. The first-order valence-corrected chi connectivity index (χ1v) is 6.09. The molecule has 1 N–H and O–H groups in total. The second-order valence-corrected chi connectivity index (χ2v) is 4.38. The highest BCUT2D eigenvalue weighted by atomic mass is 35.5. The summed E-state index contributed by atoms with van der Waals surface area (Å²) in [4.78, 5) is 4.32. The zero-order valence-electron chi connectivity index (χ0n) is 10.4. The molecule has 2 aromatic rings. The Bertz CT molecular complexity index is 516. The fourth-order valence-corrected chi connectivity index (χ4v) is 1.90. The summed E-state index contributed by atoms with van der Waals surface area (Å²) in [6.45, 7) is 2.06. The summed E-state index contributed by atoms with van der Waals surface area (Å²) in [7, 11) is 1.60. The van der Waals surface area contributed by atoms with Crippen molar-refractivity contribution in [2.75, 3.05) is 12.4 Å². The van der Waals surface area contributed by atoms with Gasteiger partial charge >= 0.3 is 0 Å². The van der Waals surface area contributed by atoms with E-state index in [4.69, 9.17) is 16.3 Å². The number of hydrogen-bond donors (Lipinski definition) is 1. The molecule has 0 aliphatic heterocycles. The maximum absolute atomic E-state index is 5.98. The van der Waals surface area contributed by atoms with E-state index in [2.05, 4.69) is 17.2 Å². The van der Waals surface area contributed by atoms with Crippen molar-refractivity contribution >= 4 is 17.3 Å². The van der Waals surface area contributed by atoms with Gasteiger partial charge in [0, 0.05) is 18.0 Å². The maximum Gasteiger partial charge on any atom is 0.139 e. The summed E-state index contributed by atoms with van der Waals surface area (Å²) in [5.41, 5.74) is 1.95. The van der Waals surface area contributed by atoms with E-state index in [1.54, 1.807) is 13.3 Å². The first-order chi connectivity index (χ1) is 8.70. The van der Waals surface area contributed by atoms with Crippen LogP contribution in [0.2, 0.25) is 5.02 Å². The molecule has 0 radical (unpaired) electrons. The molecule has 1 heterocycles. The number of rotatable bonds is 4. The van der Waals surface area contributed by atoms with Crippen molar-refractivity contribution in [2.24, 2.45) is 0 Å². The lowest BCUT2D eigenvalue weighted by Crippen LogP contribution is -2.08. The number of ether oxygens (including phenoxy) is 1. The molecule has 4 heteroatoms. The molecule has 1 aromatic heterocycles. The molecule has 0 spiro atoms. The van der Waals surface area contributed by atoms with E-state index in [1.165, 1.54) is 0 Å². The molecule has 0 amide bonds. The van der Waals surface area contributed by atoms with Crippen LogP contribution in [-0.2, 0) is 0 Å². The van der Waals surface area contributed by atoms with Crippen molar-refractivity contribution in [3.05, 3.63) is 53.3 Å². The average molecular weight is 263 g/mol. The van der Waals surface area contributed by atoms with Gasteiger partial charge in [0.15, 0.2) is 0 Å². The van der Waals surface area contributed by atoms with Crippen molar-refractivity contribution < 1.29 is 4.74 Å². The summed E-state index contributed by atoms with van der Waals surface area (Å²) in [6, 6.07) is 11.6. The molecule has 1 unspecified atom stereocenters. The quantitative estimate of drug-likeness (QED) is 0.907. The number of hydrogen-bond acceptors (Lipinski definition) is 3. The summed E-state index contributed by atoms with van der Waals surface area (Å²) in [5, 5.41) is 3.96. The Morgan fingerprint density at radius 3 is 2.78 bits per heavy atom. The zero-order chi connectivity index (χ0) is 13.0. The summed E-state index contributed by atoms with van der Waals surface area (Å²) >= 11 is 5.98. The molecular weight excluding hydrogens is 248 g/mol. The van der Waals surface area contributed by atoms with Gasteiger partial charge in [0.25, 0.3) is 0 Å². The fraction of sp³-hybridized carbons (Fsp3) is 0.214. The molecule has 0 aliphatic rings. The van der Waals surface area contributed by atoms with Gasteiger partial charge in [-0.2, -0.15) is 0 Å². The Hall–Kier alpha value is -1.74. The van der Waals surface area contributed by atoms with Gasteiger partial charge in [0.05, 0.1) is 23.9 Å². The first kappa shape index (κ1) is 12.7. The Morgan fingerprint density at radius 2 is 2.11 bits per heavy atom. The Balaban J connectivity index is 2.14. The lowest BCUT2D eigenvalue weighted by atomic mass is 10.2. The van der Waals surface area contributed by atoms with Gasteiger partial charge in [-0.15, -0.1) is 0 Å². The van der Waals surface area contributed by atoms with Crippen molar-refractivity contribution in [3.8, 4) is 5.75 Å². The SMILES string of the molecule is COc1cc(NC(C)c2ccccn2)ccc1Cl. The number of pyridine rings is 1. The summed E-state index contributed by atoms with van der Waals surface area (Å²) in [5.74, 6) is 0.662. The minimum atomic E-state index is 0.122. The smallest absolute Gasteiger partial charge is 0.139 e. The third-order valence-electron chi connectivity index (χ3n) is 2.67. The average Bonchev–Trinajstić information content (AvgIpc) is 2.42. The Labute approximate surface area is 112 Å². The zero-order valence-corrected chi connectivity index (χ0v) is 11.1. The standard InChI is InChI=1S/C14H15ClN2O/c1-10(13-5-3-4-8-16-13)17-11-6-7-12(15)14(9-11)18-2/h3-10,17H,1-2H3. The summed E-state index contributed by atoms with van der Waals surface area (Å²) in [6.07, 6.45) is 1.79. The van der Waals surface area contributed by atoms with Crippen LogP contribution in [-0.4, -0.2) is 12.1 Å². The molecule has 2 rings (SSSR count). The van der Waals surface area contributed by atoms with Gasteiger partial charge < -0.3 is 10.1 Å². The van der Waals surface area contributed by atoms with Crippen molar-refractivity contribution in [2.45, 2.75) is 13.0 Å². The second kappa shape index (κ2) is 5.74. The van der Waals surface area contributed by atoms with E-state index < -0.39 is 0 Å². The molecule has 3 nitrogen and oxygen atoms in total. The normalized spacial score (nSPS) is 11.9. The maximum atomic E-state index is 5.98. The molecule has 18 heavy (non-hydrogen) atoms. The largest absolute Gasteiger partial charge is 0.495 e. The third-order valence-corrected chi connectivity index (χ3v) is 2.98. The number of benzene rings is 1. The highest BCUT2D eigenvalue weighted by Gasteiger charge is 2.07. The van der Waals surface area contributed by atoms with E-state index >= 15 is 0 Å². The van der Waals surface area contributed by atoms with E-state index in [0.717, 1.165) is 11.4 Å². The van der Waals surface area contributed by atoms with Crippen LogP contribution in [0, 0.1) is 0 Å². The lowest BCUT2D eigenvalue weighted by Gasteiger charge is -2.15. The van der Waals surface area contributed by atoms with Gasteiger partial charge in [-0.05, 0) is 31.2 Å².